The number of hydrogen-bond donors (Lipinski definition) is 0. The van der Waals surface area contributed by atoms with Crippen molar-refractivity contribution in [3.8, 4) is 0 Å². The molecule has 1 aromatic rings. The predicted octanol–water partition coefficient (Wildman–Crippen LogP) is 3.74. The van der Waals surface area contributed by atoms with Gasteiger partial charge in [0.25, 0.3) is 0 Å². The predicted molar refractivity (Wildman–Crippen MR) is 45.7 cm³/mol. The van der Waals surface area contributed by atoms with E-state index in [9.17, 15) is 0 Å². The fraction of sp³-hybridized carbons (Fsp3) is 0. The van der Waals surface area contributed by atoms with Crippen molar-refractivity contribution in [2.45, 2.75) is 0 Å². The van der Waals surface area contributed by atoms with Crippen molar-refractivity contribution >= 4 is 34.8 Å². The molecule has 0 aliphatic carbocycles. The third-order valence-corrected chi connectivity index (χ3v) is 2.17. The Morgan fingerprint density at radius 1 is 1.18 bits per heavy atom. The van der Waals surface area contributed by atoms with Crippen molar-refractivity contribution < 1.29 is 26.2 Å². The van der Waals surface area contributed by atoms with Crippen molar-refractivity contribution in [1.29, 1.82) is 0 Å². The van der Waals surface area contributed by atoms with Crippen LogP contribution >= 0.6 is 34.8 Å². The Labute approximate surface area is 100.0 Å². The average Bonchev–Trinajstić information content (AvgIpc) is 1.95. The van der Waals surface area contributed by atoms with Crippen LogP contribution < -0.4 is 0 Å². The Morgan fingerprint density at radius 3 is 2.27 bits per heavy atom. The molecule has 0 atom stereocenters. The zero-order valence-corrected chi connectivity index (χ0v) is 10.2. The molecule has 0 aliphatic heterocycles. The largest absolute Gasteiger partial charge is 0.174 e. The summed E-state index contributed by atoms with van der Waals surface area (Å²) in [5.41, 5.74) is 0.746. The van der Waals surface area contributed by atoms with Crippen LogP contribution in [0.5, 0.6) is 0 Å². The summed E-state index contributed by atoms with van der Waals surface area (Å²) >= 11 is 16.9. The van der Waals surface area contributed by atoms with Gasteiger partial charge in [-0.1, -0.05) is 23.5 Å². The molecular weight excluding hydrogens is 282 g/mol. The van der Waals surface area contributed by atoms with Crippen LogP contribution in [-0.2, 0) is 26.2 Å². The summed E-state index contributed by atoms with van der Waals surface area (Å²) in [4.78, 5) is 0. The number of hydrogen-bond acceptors (Lipinski definition) is 0. The van der Waals surface area contributed by atoms with E-state index in [0.717, 1.165) is 5.56 Å². The Morgan fingerprint density at radius 2 is 1.82 bits per heavy atom. The van der Waals surface area contributed by atoms with Crippen LogP contribution in [0.2, 0.25) is 10.0 Å². The van der Waals surface area contributed by atoms with Gasteiger partial charge in [-0.3, -0.25) is 0 Å². The molecule has 1 rings (SSSR count). The van der Waals surface area contributed by atoms with Crippen LogP contribution in [0, 0.1) is 5.88 Å². The van der Waals surface area contributed by atoms with Gasteiger partial charge in [0.15, 0.2) is 0 Å². The molecule has 4 heteroatoms. The number of halogens is 3. The molecule has 0 fully saturated rings. The SMILES string of the molecule is Cl[CH-]c1cccc(Cl)c1Cl.[Zr]. The van der Waals surface area contributed by atoms with E-state index in [2.05, 4.69) is 0 Å². The number of rotatable bonds is 1. The molecule has 0 N–H and O–H groups in total. The standard InChI is InChI=1S/C7H4Cl3.Zr/c8-4-5-2-1-3-6(9)7(5)10;/h1-4H;/q-1;. The van der Waals surface area contributed by atoms with E-state index in [1.54, 1.807) is 18.2 Å². The molecular formula is C7H4Cl3Zr-. The monoisotopic (exact) mass is 283 g/mol. The molecule has 0 nitrogen and oxygen atoms in total. The van der Waals surface area contributed by atoms with E-state index >= 15 is 0 Å². The minimum Gasteiger partial charge on any atom is -0.174 e. The summed E-state index contributed by atoms with van der Waals surface area (Å²) in [6.07, 6.45) is 0. The molecule has 0 amide bonds. The second kappa shape index (κ2) is 5.48. The van der Waals surface area contributed by atoms with Gasteiger partial charge in [0.05, 0.1) is 0 Å². The van der Waals surface area contributed by atoms with Gasteiger partial charge in [0, 0.05) is 31.2 Å². The molecule has 0 spiro atoms. The van der Waals surface area contributed by atoms with Crippen LogP contribution in [0.25, 0.3) is 0 Å². The van der Waals surface area contributed by atoms with Crippen LogP contribution in [0.1, 0.15) is 5.56 Å². The van der Waals surface area contributed by atoms with E-state index < -0.39 is 0 Å². The summed E-state index contributed by atoms with van der Waals surface area (Å²) in [5, 5.41) is 1.02. The van der Waals surface area contributed by atoms with Gasteiger partial charge in [0.2, 0.25) is 0 Å². The summed E-state index contributed by atoms with van der Waals surface area (Å²) in [6.45, 7) is 0. The van der Waals surface area contributed by atoms with E-state index in [1.165, 1.54) is 5.88 Å². The zero-order valence-electron chi connectivity index (χ0n) is 5.44. The van der Waals surface area contributed by atoms with Gasteiger partial charge >= 0.3 is 0 Å². The first-order chi connectivity index (χ1) is 4.75. The molecule has 1 aromatic carbocycles. The Hall–Kier alpha value is 0.843. The van der Waals surface area contributed by atoms with Crippen molar-refractivity contribution in [3.05, 3.63) is 39.7 Å². The maximum atomic E-state index is 5.75. The maximum Gasteiger partial charge on any atom is 0.00311 e. The maximum absolute atomic E-state index is 5.75. The quantitative estimate of drug-likeness (QED) is 0.690. The molecule has 0 heterocycles. The average molecular weight is 286 g/mol. The Kier molecular flexibility index (Phi) is 5.90. The van der Waals surface area contributed by atoms with E-state index in [1.807, 2.05) is 0 Å². The van der Waals surface area contributed by atoms with Crippen LogP contribution in [0.4, 0.5) is 0 Å². The Bertz CT molecular complexity index is 237. The minimum atomic E-state index is 0. The van der Waals surface area contributed by atoms with Crippen LogP contribution in [0.3, 0.4) is 0 Å². The van der Waals surface area contributed by atoms with Crippen molar-refractivity contribution in [2.24, 2.45) is 0 Å². The summed E-state index contributed by atoms with van der Waals surface area (Å²) in [7, 11) is 0. The van der Waals surface area contributed by atoms with Gasteiger partial charge in [0.1, 0.15) is 0 Å². The molecule has 0 radical (unpaired) electrons. The molecule has 0 bridgehead atoms. The number of benzene rings is 1. The first-order valence-corrected chi connectivity index (χ1v) is 3.82. The molecule has 0 saturated carbocycles. The van der Waals surface area contributed by atoms with Gasteiger partial charge in [-0.15, -0.1) is 6.07 Å². The van der Waals surface area contributed by atoms with Crippen LogP contribution in [-0.4, -0.2) is 0 Å². The molecule has 11 heavy (non-hydrogen) atoms. The minimum absolute atomic E-state index is 0. The van der Waals surface area contributed by atoms with Gasteiger partial charge in [-0.25, -0.2) is 0 Å². The van der Waals surface area contributed by atoms with E-state index in [4.69, 9.17) is 34.8 Å². The summed E-state index contributed by atoms with van der Waals surface area (Å²) < 4.78 is 0. The third kappa shape index (κ3) is 2.99. The van der Waals surface area contributed by atoms with Crippen LogP contribution in [0.15, 0.2) is 18.2 Å². The van der Waals surface area contributed by atoms with Crippen molar-refractivity contribution in [2.75, 3.05) is 0 Å². The Balaban J connectivity index is 0.000001000. The first kappa shape index (κ1) is 11.8. The second-order valence-corrected chi connectivity index (χ2v) is 2.76. The summed E-state index contributed by atoms with van der Waals surface area (Å²) in [6, 6.07) is 5.30. The normalized spacial score (nSPS) is 8.64. The van der Waals surface area contributed by atoms with Crippen molar-refractivity contribution in [1.82, 2.24) is 0 Å². The van der Waals surface area contributed by atoms with Gasteiger partial charge in [-0.05, 0) is 5.02 Å². The zero-order chi connectivity index (χ0) is 7.56. The fourth-order valence-electron chi connectivity index (χ4n) is 0.605. The smallest absolute Gasteiger partial charge is 0.00311 e. The topological polar surface area (TPSA) is 0 Å². The molecule has 0 aromatic heterocycles. The second-order valence-electron chi connectivity index (χ2n) is 1.75. The van der Waals surface area contributed by atoms with Crippen molar-refractivity contribution in [3.63, 3.8) is 0 Å². The molecule has 0 aliphatic rings. The first-order valence-electron chi connectivity index (χ1n) is 2.63. The third-order valence-electron chi connectivity index (χ3n) is 1.10. The molecule has 0 unspecified atom stereocenters. The van der Waals surface area contributed by atoms with Gasteiger partial charge < -0.3 is 0 Å². The van der Waals surface area contributed by atoms with E-state index in [0.29, 0.717) is 10.0 Å². The fourth-order valence-corrected chi connectivity index (χ4v) is 1.20. The van der Waals surface area contributed by atoms with Gasteiger partial charge in [-0.2, -0.15) is 34.8 Å². The summed E-state index contributed by atoms with van der Waals surface area (Å²) in [5.74, 6) is 1.40. The molecule has 58 valence electrons. The van der Waals surface area contributed by atoms with E-state index in [-0.39, 0.29) is 26.2 Å². The molecule has 0 saturated heterocycles.